The summed E-state index contributed by atoms with van der Waals surface area (Å²) >= 11 is 2.71. The Labute approximate surface area is 179 Å². The third-order valence-corrected chi connectivity index (χ3v) is 7.92. The van der Waals surface area contributed by atoms with Crippen molar-refractivity contribution >= 4 is 29.8 Å². The van der Waals surface area contributed by atoms with Crippen molar-refractivity contribution in [3.63, 3.8) is 0 Å². The summed E-state index contributed by atoms with van der Waals surface area (Å²) in [6.07, 6.45) is 15.1. The van der Waals surface area contributed by atoms with Crippen molar-refractivity contribution in [2.24, 2.45) is 0 Å². The molecule has 0 radical (unpaired) electrons. The Morgan fingerprint density at radius 3 is 1.79 bits per heavy atom. The Morgan fingerprint density at radius 1 is 0.929 bits per heavy atom. The van der Waals surface area contributed by atoms with Crippen molar-refractivity contribution < 1.29 is 29.3 Å². The first-order valence-electron chi connectivity index (χ1n) is 10.8. The molecule has 0 spiro atoms. The standard InChI is InChI=1S/C20H40BrO6P/c1-2-3-4-5-6-7-8-9-10-11-12-13-14-15-19(23)27-17-16-18(22)20(21)28(24,25)26/h18,20,22H,2-17H2,1H3,(H2,24,25,26)/p-1/t18-,20?/m1/s1. The molecule has 0 bridgehead atoms. The molecule has 0 aliphatic carbocycles. The van der Waals surface area contributed by atoms with E-state index in [2.05, 4.69) is 22.9 Å². The number of unbranched alkanes of at least 4 members (excludes halogenated alkanes) is 12. The van der Waals surface area contributed by atoms with Gasteiger partial charge in [0.05, 0.1) is 14.6 Å². The minimum atomic E-state index is -4.64. The monoisotopic (exact) mass is 485 g/mol. The predicted octanol–water partition coefficient (Wildman–Crippen LogP) is 3.96. The van der Waals surface area contributed by atoms with E-state index < -0.39 is 18.6 Å². The van der Waals surface area contributed by atoms with Crippen LogP contribution in [0.2, 0.25) is 0 Å². The molecule has 2 N–H and O–H groups in total. The highest BCUT2D eigenvalue weighted by molar-refractivity contribution is 9.10. The van der Waals surface area contributed by atoms with Gasteiger partial charge < -0.3 is 19.6 Å². The van der Waals surface area contributed by atoms with Crippen LogP contribution in [0.25, 0.3) is 0 Å². The van der Waals surface area contributed by atoms with E-state index >= 15 is 0 Å². The molecule has 28 heavy (non-hydrogen) atoms. The van der Waals surface area contributed by atoms with Gasteiger partial charge in [-0.15, -0.1) is 0 Å². The van der Waals surface area contributed by atoms with E-state index in [1.165, 1.54) is 64.2 Å². The molecule has 0 aliphatic rings. The van der Waals surface area contributed by atoms with Crippen molar-refractivity contribution in [3.05, 3.63) is 0 Å². The van der Waals surface area contributed by atoms with Gasteiger partial charge >= 0.3 is 5.97 Å². The number of rotatable bonds is 19. The van der Waals surface area contributed by atoms with Gasteiger partial charge in [-0.25, -0.2) is 0 Å². The fraction of sp³-hybridized carbons (Fsp3) is 0.950. The maximum Gasteiger partial charge on any atom is 0.305 e. The van der Waals surface area contributed by atoms with Crippen molar-refractivity contribution in [2.45, 2.75) is 114 Å². The minimum Gasteiger partial charge on any atom is -0.659 e. The first kappa shape index (κ1) is 28.2. The molecule has 0 aromatic carbocycles. The van der Waals surface area contributed by atoms with E-state index in [9.17, 15) is 19.7 Å². The molecule has 0 amide bonds. The fourth-order valence-corrected chi connectivity index (χ4v) is 3.86. The molecule has 0 saturated heterocycles. The third kappa shape index (κ3) is 17.1. The number of ether oxygens (including phenoxy) is 1. The van der Waals surface area contributed by atoms with Crippen LogP contribution in [0.1, 0.15) is 103 Å². The lowest BCUT2D eigenvalue weighted by atomic mass is 10.0. The van der Waals surface area contributed by atoms with Crippen molar-refractivity contribution in [1.29, 1.82) is 0 Å². The van der Waals surface area contributed by atoms with Gasteiger partial charge in [0.1, 0.15) is 6.10 Å². The number of hydrogen-bond donors (Lipinski definition) is 2. The minimum absolute atomic E-state index is 0.0486. The summed E-state index contributed by atoms with van der Waals surface area (Å²) in [6, 6.07) is 0. The van der Waals surface area contributed by atoms with Crippen LogP contribution in [0.3, 0.4) is 0 Å². The molecule has 0 aliphatic heterocycles. The van der Waals surface area contributed by atoms with Crippen LogP contribution in [0.4, 0.5) is 0 Å². The van der Waals surface area contributed by atoms with Crippen LogP contribution in [-0.4, -0.2) is 33.2 Å². The fourth-order valence-electron chi connectivity index (χ4n) is 3.01. The molecule has 0 fully saturated rings. The first-order valence-corrected chi connectivity index (χ1v) is 13.4. The van der Waals surface area contributed by atoms with E-state index in [-0.39, 0.29) is 19.0 Å². The second kappa shape index (κ2) is 18.0. The Balaban J connectivity index is 3.40. The molecule has 0 heterocycles. The molecule has 0 saturated carbocycles. The molecule has 6 nitrogen and oxygen atoms in total. The predicted molar refractivity (Wildman–Crippen MR) is 114 cm³/mol. The van der Waals surface area contributed by atoms with Crippen molar-refractivity contribution in [2.75, 3.05) is 6.61 Å². The molecule has 8 heteroatoms. The molecular weight excluding hydrogens is 447 g/mol. The van der Waals surface area contributed by atoms with Gasteiger partial charge in [0, 0.05) is 12.8 Å². The Hall–Kier alpha value is 0.220. The normalized spacial score (nSPS) is 14.1. The van der Waals surface area contributed by atoms with Gasteiger partial charge in [-0.2, -0.15) is 0 Å². The summed E-state index contributed by atoms with van der Waals surface area (Å²) in [5, 5.41) is 9.59. The number of aliphatic hydroxyl groups is 1. The number of halogens is 1. The Morgan fingerprint density at radius 2 is 1.36 bits per heavy atom. The molecule has 1 unspecified atom stereocenters. The maximum absolute atomic E-state index is 11.6. The van der Waals surface area contributed by atoms with Crippen LogP contribution in [0.15, 0.2) is 0 Å². The summed E-state index contributed by atoms with van der Waals surface area (Å²) in [7, 11) is -4.64. The highest BCUT2D eigenvalue weighted by Gasteiger charge is 2.29. The lowest BCUT2D eigenvalue weighted by molar-refractivity contribution is -0.333. The lowest BCUT2D eigenvalue weighted by Crippen LogP contribution is -2.36. The van der Waals surface area contributed by atoms with Gasteiger partial charge in [0.15, 0.2) is 4.57 Å². The van der Waals surface area contributed by atoms with Crippen LogP contribution >= 0.6 is 23.9 Å². The number of hydrogen-bond acceptors (Lipinski definition) is 6. The summed E-state index contributed by atoms with van der Waals surface area (Å²) in [6.45, 7) is 2.17. The number of carbonyl (C=O) groups is 1. The van der Waals surface area contributed by atoms with Crippen LogP contribution < -0.4 is 9.79 Å². The second-order valence-corrected chi connectivity index (χ2v) is 10.9. The van der Waals surface area contributed by atoms with E-state index in [0.717, 1.165) is 19.3 Å². The van der Waals surface area contributed by atoms with E-state index in [0.29, 0.717) is 6.42 Å². The Bertz CT molecular complexity index is 378. The van der Waals surface area contributed by atoms with Gasteiger partial charge in [0.25, 0.3) is 0 Å². The average Bonchev–Trinajstić information content (AvgIpc) is 2.64. The van der Waals surface area contributed by atoms with E-state index in [1.54, 1.807) is 0 Å². The molecular formula is C20H39BrO6P-. The highest BCUT2D eigenvalue weighted by Crippen LogP contribution is 2.46. The quantitative estimate of drug-likeness (QED) is 0.124. The van der Waals surface area contributed by atoms with Gasteiger partial charge in [-0.1, -0.05) is 84.0 Å². The zero-order valence-electron chi connectivity index (χ0n) is 17.3. The van der Waals surface area contributed by atoms with Crippen LogP contribution in [0.5, 0.6) is 0 Å². The molecule has 0 aromatic rings. The van der Waals surface area contributed by atoms with Crippen LogP contribution in [-0.2, 0) is 9.53 Å². The zero-order valence-corrected chi connectivity index (χ0v) is 19.8. The molecule has 2 atom stereocenters. The highest BCUT2D eigenvalue weighted by atomic mass is 79.9. The zero-order chi connectivity index (χ0) is 21.3. The van der Waals surface area contributed by atoms with Gasteiger partial charge in [0.2, 0.25) is 0 Å². The SMILES string of the molecule is CCCCCCCCCCCCCCCC(=O)OCC[C@@H](O)C(Br)[P+]([O-])([O-])O. The maximum atomic E-state index is 11.6. The number of aliphatic hydroxyl groups excluding tert-OH is 1. The van der Waals surface area contributed by atoms with Gasteiger partial charge in [-0.05, 0) is 22.4 Å². The number of alkyl halides is 1. The summed E-state index contributed by atoms with van der Waals surface area (Å²) in [4.78, 5) is 42.2. The summed E-state index contributed by atoms with van der Waals surface area (Å²) in [5.41, 5.74) is 0. The van der Waals surface area contributed by atoms with Gasteiger partial charge in [-0.3, -0.25) is 9.69 Å². The molecule has 0 rings (SSSR count). The largest absolute Gasteiger partial charge is 0.659 e. The van der Waals surface area contributed by atoms with E-state index in [1.807, 2.05) is 0 Å². The second-order valence-electron chi connectivity index (χ2n) is 7.51. The third-order valence-electron chi connectivity index (χ3n) is 4.79. The smallest absolute Gasteiger partial charge is 0.305 e. The average molecular weight is 486 g/mol. The van der Waals surface area contributed by atoms with E-state index in [4.69, 9.17) is 9.63 Å². The summed E-state index contributed by atoms with van der Waals surface area (Å²) in [5.74, 6) is -0.337. The molecule has 0 aromatic heterocycles. The lowest BCUT2D eigenvalue weighted by Gasteiger charge is -2.34. The number of esters is 1. The first-order chi connectivity index (χ1) is 13.3. The Kier molecular flexibility index (Phi) is 18.2. The van der Waals surface area contributed by atoms with Crippen LogP contribution in [0, 0.1) is 0 Å². The van der Waals surface area contributed by atoms with Crippen molar-refractivity contribution in [3.8, 4) is 0 Å². The molecule has 168 valence electrons. The topological polar surface area (TPSA) is 113 Å². The summed E-state index contributed by atoms with van der Waals surface area (Å²) < 4.78 is 3.54. The number of carbonyl (C=O) groups excluding carboxylic acids is 1. The van der Waals surface area contributed by atoms with Crippen molar-refractivity contribution in [1.82, 2.24) is 0 Å².